The van der Waals surface area contributed by atoms with Gasteiger partial charge in [-0.25, -0.2) is 0 Å². The number of nitrogens with zero attached hydrogens (tertiary/aromatic N) is 1. The Labute approximate surface area is 115 Å². The van der Waals surface area contributed by atoms with E-state index < -0.39 is 0 Å². The maximum Gasteiger partial charge on any atom is 0.146 e. The minimum Gasteiger partial charge on any atom is -0.496 e. The van der Waals surface area contributed by atoms with Gasteiger partial charge in [-0.3, -0.25) is 9.69 Å². The summed E-state index contributed by atoms with van der Waals surface area (Å²) in [6.07, 6.45) is 1.71. The molecule has 1 heterocycles. The molecule has 0 aromatic heterocycles. The molecule has 0 saturated carbocycles. The average molecular weight is 261 g/mol. The smallest absolute Gasteiger partial charge is 0.146 e. The Morgan fingerprint density at radius 2 is 2.16 bits per heavy atom. The van der Waals surface area contributed by atoms with Crippen molar-refractivity contribution in [3.05, 3.63) is 29.3 Å². The van der Waals surface area contributed by atoms with Gasteiger partial charge in [-0.2, -0.15) is 0 Å². The number of rotatable bonds is 4. The topological polar surface area (TPSA) is 29.5 Å². The number of benzene rings is 1. The van der Waals surface area contributed by atoms with E-state index in [4.69, 9.17) is 4.74 Å². The molecule has 19 heavy (non-hydrogen) atoms. The quantitative estimate of drug-likeness (QED) is 0.834. The van der Waals surface area contributed by atoms with Crippen LogP contribution in [-0.2, 0) is 11.3 Å². The van der Waals surface area contributed by atoms with Gasteiger partial charge in [-0.05, 0) is 30.5 Å². The fraction of sp³-hybridized carbons (Fsp3) is 0.562. The van der Waals surface area contributed by atoms with Gasteiger partial charge >= 0.3 is 0 Å². The molecule has 0 aliphatic carbocycles. The van der Waals surface area contributed by atoms with Crippen LogP contribution in [0.25, 0.3) is 0 Å². The van der Waals surface area contributed by atoms with Crippen LogP contribution >= 0.6 is 0 Å². The van der Waals surface area contributed by atoms with Gasteiger partial charge in [0.2, 0.25) is 0 Å². The summed E-state index contributed by atoms with van der Waals surface area (Å²) in [6, 6.07) is 6.37. The van der Waals surface area contributed by atoms with Gasteiger partial charge in [0.15, 0.2) is 0 Å². The summed E-state index contributed by atoms with van der Waals surface area (Å²) in [5.74, 6) is 1.78. The molecule has 1 aliphatic rings. The van der Waals surface area contributed by atoms with E-state index in [9.17, 15) is 4.79 Å². The highest BCUT2D eigenvalue weighted by Gasteiger charge is 2.18. The normalized spacial score (nSPS) is 16.9. The minimum absolute atomic E-state index is 0.352. The summed E-state index contributed by atoms with van der Waals surface area (Å²) in [5.41, 5.74) is 2.50. The molecule has 2 rings (SSSR count). The molecule has 0 unspecified atom stereocenters. The lowest BCUT2D eigenvalue weighted by Crippen LogP contribution is -2.35. The molecule has 0 spiro atoms. The Kier molecular flexibility index (Phi) is 4.59. The number of Topliss-reactive ketones (excluding diaryl/α,β-unsaturated/α-hetero) is 1. The van der Waals surface area contributed by atoms with Gasteiger partial charge in [0, 0.05) is 18.5 Å². The van der Waals surface area contributed by atoms with Crippen LogP contribution in [0.5, 0.6) is 5.75 Å². The van der Waals surface area contributed by atoms with Crippen molar-refractivity contribution < 1.29 is 9.53 Å². The Morgan fingerprint density at radius 1 is 1.37 bits per heavy atom. The van der Waals surface area contributed by atoms with Crippen molar-refractivity contribution in [2.75, 3.05) is 20.2 Å². The molecule has 104 valence electrons. The fourth-order valence-electron chi connectivity index (χ4n) is 2.56. The van der Waals surface area contributed by atoms with Gasteiger partial charge < -0.3 is 4.74 Å². The molecule has 0 amide bonds. The van der Waals surface area contributed by atoms with Crippen LogP contribution in [0.3, 0.4) is 0 Å². The molecule has 3 nitrogen and oxygen atoms in total. The lowest BCUT2D eigenvalue weighted by Gasteiger charge is -2.26. The van der Waals surface area contributed by atoms with E-state index in [-0.39, 0.29) is 0 Å². The Hall–Kier alpha value is -1.35. The molecule has 1 saturated heterocycles. The third-order valence-electron chi connectivity index (χ3n) is 3.69. The van der Waals surface area contributed by atoms with E-state index in [1.165, 1.54) is 11.1 Å². The molecule has 1 aromatic rings. The van der Waals surface area contributed by atoms with Crippen molar-refractivity contribution in [2.45, 2.75) is 39.2 Å². The van der Waals surface area contributed by atoms with Gasteiger partial charge in [0.05, 0.1) is 13.7 Å². The van der Waals surface area contributed by atoms with Gasteiger partial charge in [-0.1, -0.05) is 26.0 Å². The summed E-state index contributed by atoms with van der Waals surface area (Å²) in [5, 5.41) is 0. The molecule has 1 fully saturated rings. The van der Waals surface area contributed by atoms with Crippen molar-refractivity contribution in [3.63, 3.8) is 0 Å². The van der Waals surface area contributed by atoms with Crippen LogP contribution in [-0.4, -0.2) is 30.9 Å². The van der Waals surface area contributed by atoms with Crippen molar-refractivity contribution in [2.24, 2.45) is 0 Å². The maximum atomic E-state index is 11.5. The number of hydrogen-bond acceptors (Lipinski definition) is 3. The Morgan fingerprint density at radius 3 is 2.79 bits per heavy atom. The lowest BCUT2D eigenvalue weighted by atomic mass is 9.99. The summed E-state index contributed by atoms with van der Waals surface area (Å²) in [6.45, 7) is 6.76. The third-order valence-corrected chi connectivity index (χ3v) is 3.69. The molecule has 1 aliphatic heterocycles. The van der Waals surface area contributed by atoms with Crippen molar-refractivity contribution in [1.29, 1.82) is 0 Å². The minimum atomic E-state index is 0.352. The monoisotopic (exact) mass is 261 g/mol. The molecule has 0 radical (unpaired) electrons. The Balaban J connectivity index is 2.17. The maximum absolute atomic E-state index is 11.5. The second-order valence-corrected chi connectivity index (χ2v) is 5.58. The standard InChI is InChI=1S/C16H23NO2/c1-12(2)13-6-7-16(19-3)14(9-13)10-17-8-4-5-15(18)11-17/h6-7,9,12H,4-5,8,10-11H2,1-3H3. The van der Waals surface area contributed by atoms with Gasteiger partial charge in [0.25, 0.3) is 0 Å². The number of ether oxygens (including phenoxy) is 1. The van der Waals surface area contributed by atoms with Gasteiger partial charge in [0.1, 0.15) is 11.5 Å². The molecular formula is C16H23NO2. The van der Waals surface area contributed by atoms with Crippen LogP contribution in [0.4, 0.5) is 0 Å². The van der Waals surface area contributed by atoms with Crippen molar-refractivity contribution >= 4 is 5.78 Å². The highest BCUT2D eigenvalue weighted by atomic mass is 16.5. The van der Waals surface area contributed by atoms with Crippen LogP contribution in [0.1, 0.15) is 43.7 Å². The molecule has 0 atom stereocenters. The van der Waals surface area contributed by atoms with E-state index >= 15 is 0 Å². The van der Waals surface area contributed by atoms with E-state index in [2.05, 4.69) is 30.9 Å². The highest BCUT2D eigenvalue weighted by molar-refractivity contribution is 5.81. The molecule has 0 N–H and O–H groups in total. The molecular weight excluding hydrogens is 238 g/mol. The SMILES string of the molecule is COc1ccc(C(C)C)cc1CN1CCCC(=O)C1. The fourth-order valence-corrected chi connectivity index (χ4v) is 2.56. The Bertz CT molecular complexity index is 454. The number of likely N-dealkylation sites (tertiary alicyclic amines) is 1. The van der Waals surface area contributed by atoms with E-state index in [1.54, 1.807) is 7.11 Å². The zero-order valence-electron chi connectivity index (χ0n) is 12.1. The molecule has 1 aromatic carbocycles. The first-order chi connectivity index (χ1) is 9.10. The number of carbonyl (C=O) groups is 1. The number of carbonyl (C=O) groups excluding carboxylic acids is 1. The van der Waals surface area contributed by atoms with Crippen LogP contribution in [0, 0.1) is 0 Å². The lowest BCUT2D eigenvalue weighted by molar-refractivity contribution is -0.122. The second-order valence-electron chi connectivity index (χ2n) is 5.58. The van der Waals surface area contributed by atoms with Crippen LogP contribution in [0.2, 0.25) is 0 Å². The molecule has 0 bridgehead atoms. The van der Waals surface area contributed by atoms with E-state index in [0.717, 1.165) is 31.7 Å². The first-order valence-electron chi connectivity index (χ1n) is 7.01. The second kappa shape index (κ2) is 6.20. The van der Waals surface area contributed by atoms with Crippen LogP contribution < -0.4 is 4.74 Å². The first-order valence-corrected chi connectivity index (χ1v) is 7.01. The zero-order valence-corrected chi connectivity index (χ0v) is 12.1. The average Bonchev–Trinajstić information content (AvgIpc) is 2.38. The van der Waals surface area contributed by atoms with Crippen molar-refractivity contribution in [1.82, 2.24) is 4.90 Å². The predicted molar refractivity (Wildman–Crippen MR) is 76.6 cm³/mol. The zero-order chi connectivity index (χ0) is 13.8. The number of piperidine rings is 1. The number of methoxy groups -OCH3 is 1. The first kappa shape index (κ1) is 14.1. The van der Waals surface area contributed by atoms with E-state index in [0.29, 0.717) is 18.2 Å². The summed E-state index contributed by atoms with van der Waals surface area (Å²) in [7, 11) is 1.70. The summed E-state index contributed by atoms with van der Waals surface area (Å²) >= 11 is 0. The van der Waals surface area contributed by atoms with Crippen molar-refractivity contribution in [3.8, 4) is 5.75 Å². The predicted octanol–water partition coefficient (Wildman–Crippen LogP) is 2.98. The highest BCUT2D eigenvalue weighted by Crippen LogP contribution is 2.26. The summed E-state index contributed by atoms with van der Waals surface area (Å²) in [4.78, 5) is 13.7. The third kappa shape index (κ3) is 3.57. The van der Waals surface area contributed by atoms with Gasteiger partial charge in [-0.15, -0.1) is 0 Å². The van der Waals surface area contributed by atoms with Crippen LogP contribution in [0.15, 0.2) is 18.2 Å². The largest absolute Gasteiger partial charge is 0.496 e. The number of ketones is 1. The number of hydrogen-bond donors (Lipinski definition) is 0. The molecule has 3 heteroatoms. The van der Waals surface area contributed by atoms with E-state index in [1.807, 2.05) is 6.07 Å². The summed E-state index contributed by atoms with van der Waals surface area (Å²) < 4.78 is 5.44.